The highest BCUT2D eigenvalue weighted by Gasteiger charge is 2.50. The van der Waals surface area contributed by atoms with Gasteiger partial charge in [-0.05, 0) is 19.3 Å². The van der Waals surface area contributed by atoms with Gasteiger partial charge in [-0.15, -0.1) is 0 Å². The van der Waals surface area contributed by atoms with E-state index in [0.29, 0.717) is 6.42 Å². The van der Waals surface area contributed by atoms with Gasteiger partial charge in [0.05, 0.1) is 32.0 Å². The van der Waals surface area contributed by atoms with Gasteiger partial charge in [-0.25, -0.2) is 0 Å². The Morgan fingerprint density at radius 1 is 0.625 bits per heavy atom. The van der Waals surface area contributed by atoms with Gasteiger partial charge >= 0.3 is 0 Å². The molecule has 2 rings (SSSR count). The van der Waals surface area contributed by atoms with Gasteiger partial charge in [0.2, 0.25) is 5.91 Å². The Kier molecular flexibility index (Phi) is 27.9. The molecule has 2 aliphatic heterocycles. The minimum absolute atomic E-state index is 0.243. The quantitative estimate of drug-likeness (QED) is 0.0350. The van der Waals surface area contributed by atoms with Crippen molar-refractivity contribution in [1.82, 2.24) is 5.32 Å². The molecule has 330 valence electrons. The first-order chi connectivity index (χ1) is 27.1. The van der Waals surface area contributed by atoms with Crippen molar-refractivity contribution in [2.45, 2.75) is 229 Å². The van der Waals surface area contributed by atoms with Crippen molar-refractivity contribution in [1.29, 1.82) is 0 Å². The lowest BCUT2D eigenvalue weighted by Crippen LogP contribution is -2.65. The van der Waals surface area contributed by atoms with Crippen molar-refractivity contribution in [3.63, 3.8) is 0 Å². The molecule has 2 fully saturated rings. The maximum Gasteiger partial charge on any atom is 0.220 e. The predicted octanol–water partition coefficient (Wildman–Crippen LogP) is 3.65. The number of rotatable bonds is 32. The number of amides is 1. The summed E-state index contributed by atoms with van der Waals surface area (Å²) in [5.74, 6) is -0.243. The zero-order valence-corrected chi connectivity index (χ0v) is 34.4. The SMILES string of the molecule is CCCCCCCCCCC/C=C/[C@@H](O)[C@H](CO[C@@H]1O[C@H](CO)[C@@H](O[C@@H]2O[C@H](CO)[C@H](O)C(O)C2O)C(O)C1O)NC(=O)CCCCCCCCCCCCC. The van der Waals surface area contributed by atoms with Crippen molar-refractivity contribution in [2.75, 3.05) is 19.8 Å². The minimum atomic E-state index is -1.78. The first kappa shape index (κ1) is 50.9. The molecule has 0 radical (unpaired) electrons. The summed E-state index contributed by atoms with van der Waals surface area (Å²) in [6.07, 6.45) is 11.2. The highest BCUT2D eigenvalue weighted by atomic mass is 16.7. The third kappa shape index (κ3) is 19.2. The standard InChI is InChI=1S/C42H79NO13/c1-3-5-7-9-11-13-15-17-19-21-23-25-31(46)30(43-34(47)26-24-22-20-18-16-14-12-10-8-6-4-2)29-53-41-39(52)37(50)40(33(28-45)55-41)56-42-38(51)36(49)35(48)32(27-44)54-42/h23,25,30-33,35-42,44-46,48-52H,3-22,24,26-29H2,1-2H3,(H,43,47)/b25-23+/t30-,31+,32+,33+,35-,36?,37?,38?,39?,40+,41+,42-/m0/s1. The maximum atomic E-state index is 13.0. The molecule has 0 aromatic rings. The van der Waals surface area contributed by atoms with E-state index in [2.05, 4.69) is 19.2 Å². The zero-order chi connectivity index (χ0) is 41.1. The van der Waals surface area contributed by atoms with E-state index >= 15 is 0 Å². The first-order valence-electron chi connectivity index (χ1n) is 21.9. The summed E-state index contributed by atoms with van der Waals surface area (Å²) in [6, 6.07) is -0.904. The summed E-state index contributed by atoms with van der Waals surface area (Å²) in [4.78, 5) is 13.0. The Labute approximate surface area is 336 Å². The number of nitrogens with one attached hydrogen (secondary N) is 1. The Balaban J connectivity index is 1.93. The molecule has 0 aliphatic carbocycles. The van der Waals surface area contributed by atoms with E-state index in [4.69, 9.17) is 18.9 Å². The lowest BCUT2D eigenvalue weighted by atomic mass is 9.97. The van der Waals surface area contributed by atoms with E-state index in [1.165, 1.54) is 89.9 Å². The number of aliphatic hydroxyl groups excluding tert-OH is 8. The van der Waals surface area contributed by atoms with Crippen molar-refractivity contribution in [3.05, 3.63) is 12.2 Å². The first-order valence-corrected chi connectivity index (χ1v) is 21.9. The fourth-order valence-corrected chi connectivity index (χ4v) is 7.29. The highest BCUT2D eigenvalue weighted by Crippen LogP contribution is 2.30. The van der Waals surface area contributed by atoms with Crippen LogP contribution >= 0.6 is 0 Å². The fourth-order valence-electron chi connectivity index (χ4n) is 7.29. The summed E-state index contributed by atoms with van der Waals surface area (Å²) in [5.41, 5.74) is 0. The topological polar surface area (TPSA) is 228 Å². The average Bonchev–Trinajstić information content (AvgIpc) is 3.19. The van der Waals surface area contributed by atoms with Crippen LogP contribution < -0.4 is 5.32 Å². The van der Waals surface area contributed by atoms with Crippen LogP contribution in [-0.2, 0) is 23.7 Å². The number of aliphatic hydroxyl groups is 8. The van der Waals surface area contributed by atoms with Gasteiger partial charge in [0.1, 0.15) is 48.8 Å². The van der Waals surface area contributed by atoms with Crippen LogP contribution in [0.15, 0.2) is 12.2 Å². The Morgan fingerprint density at radius 3 is 1.64 bits per heavy atom. The van der Waals surface area contributed by atoms with Gasteiger partial charge in [-0.2, -0.15) is 0 Å². The molecule has 0 bridgehead atoms. The minimum Gasteiger partial charge on any atom is -0.394 e. The number of unbranched alkanes of at least 4 members (excludes halogenated alkanes) is 19. The average molecular weight is 806 g/mol. The van der Waals surface area contributed by atoms with Crippen LogP contribution in [0.3, 0.4) is 0 Å². The van der Waals surface area contributed by atoms with E-state index in [-0.39, 0.29) is 18.9 Å². The second kappa shape index (κ2) is 30.7. The van der Waals surface area contributed by atoms with Crippen molar-refractivity contribution >= 4 is 5.91 Å². The van der Waals surface area contributed by atoms with Crippen LogP contribution in [0.1, 0.15) is 155 Å². The Bertz CT molecular complexity index is 1000. The van der Waals surface area contributed by atoms with Crippen LogP contribution in [0.4, 0.5) is 0 Å². The molecular weight excluding hydrogens is 726 g/mol. The van der Waals surface area contributed by atoms with Gasteiger partial charge in [0, 0.05) is 6.42 Å². The summed E-state index contributed by atoms with van der Waals surface area (Å²) < 4.78 is 22.6. The molecular formula is C42H79NO13. The lowest BCUT2D eigenvalue weighted by Gasteiger charge is -2.46. The van der Waals surface area contributed by atoms with Crippen molar-refractivity contribution in [3.8, 4) is 0 Å². The highest BCUT2D eigenvalue weighted by molar-refractivity contribution is 5.76. The van der Waals surface area contributed by atoms with Gasteiger partial charge in [-0.1, -0.05) is 142 Å². The van der Waals surface area contributed by atoms with Gasteiger partial charge < -0.3 is 65.1 Å². The molecule has 0 aromatic carbocycles. The third-order valence-electron chi connectivity index (χ3n) is 11.0. The molecule has 2 heterocycles. The summed E-state index contributed by atoms with van der Waals surface area (Å²) >= 11 is 0. The van der Waals surface area contributed by atoms with Crippen LogP contribution in [0, 0.1) is 0 Å². The molecule has 0 spiro atoms. The second-order valence-electron chi connectivity index (χ2n) is 15.8. The van der Waals surface area contributed by atoms with Crippen molar-refractivity contribution in [2.24, 2.45) is 0 Å². The molecule has 9 N–H and O–H groups in total. The third-order valence-corrected chi connectivity index (χ3v) is 11.0. The Hall–Kier alpha value is -1.27. The molecule has 2 saturated heterocycles. The van der Waals surface area contributed by atoms with Gasteiger partial charge in [0.25, 0.3) is 0 Å². The van der Waals surface area contributed by atoms with Crippen molar-refractivity contribution < 1.29 is 64.6 Å². The van der Waals surface area contributed by atoms with Gasteiger partial charge in [-0.3, -0.25) is 4.79 Å². The number of ether oxygens (including phenoxy) is 4. The molecule has 14 nitrogen and oxygen atoms in total. The molecule has 0 saturated carbocycles. The second-order valence-corrected chi connectivity index (χ2v) is 15.8. The number of carbonyl (C=O) groups excluding carboxylic acids is 1. The van der Waals surface area contributed by atoms with Crippen LogP contribution in [0.5, 0.6) is 0 Å². The van der Waals surface area contributed by atoms with Gasteiger partial charge in [0.15, 0.2) is 12.6 Å². The largest absolute Gasteiger partial charge is 0.394 e. The van der Waals surface area contributed by atoms with E-state index < -0.39 is 86.8 Å². The molecule has 56 heavy (non-hydrogen) atoms. The fraction of sp³-hybridized carbons (Fsp3) is 0.929. The van der Waals surface area contributed by atoms with Crippen LogP contribution in [-0.4, -0.2) is 140 Å². The smallest absolute Gasteiger partial charge is 0.220 e. The van der Waals surface area contributed by atoms with E-state index in [9.17, 15) is 45.6 Å². The molecule has 2 aliphatic rings. The van der Waals surface area contributed by atoms with E-state index in [1.807, 2.05) is 6.08 Å². The number of carbonyl (C=O) groups is 1. The number of allylic oxidation sites excluding steroid dienone is 1. The summed E-state index contributed by atoms with van der Waals surface area (Å²) in [5, 5.41) is 86.2. The Morgan fingerprint density at radius 2 is 1.11 bits per heavy atom. The molecule has 12 atom stereocenters. The number of hydrogen-bond donors (Lipinski definition) is 9. The molecule has 1 amide bonds. The lowest BCUT2D eigenvalue weighted by molar-refractivity contribution is -0.359. The zero-order valence-electron chi connectivity index (χ0n) is 34.4. The normalized spacial score (nSPS) is 29.5. The molecule has 14 heteroatoms. The monoisotopic (exact) mass is 806 g/mol. The molecule has 4 unspecified atom stereocenters. The van der Waals surface area contributed by atoms with E-state index in [0.717, 1.165) is 38.5 Å². The summed E-state index contributed by atoms with van der Waals surface area (Å²) in [7, 11) is 0. The van der Waals surface area contributed by atoms with E-state index in [1.54, 1.807) is 6.08 Å². The number of hydrogen-bond acceptors (Lipinski definition) is 13. The van der Waals surface area contributed by atoms with Crippen LogP contribution in [0.25, 0.3) is 0 Å². The predicted molar refractivity (Wildman–Crippen MR) is 212 cm³/mol. The van der Waals surface area contributed by atoms with Crippen LogP contribution in [0.2, 0.25) is 0 Å². The summed E-state index contributed by atoms with van der Waals surface area (Å²) in [6.45, 7) is 2.73. The maximum absolute atomic E-state index is 13.0. The molecule has 0 aromatic heterocycles.